The zero-order valence-corrected chi connectivity index (χ0v) is 18.9. The number of unbranched alkanes of at least 4 members (excludes halogenated alkanes) is 3. The van der Waals surface area contributed by atoms with Gasteiger partial charge in [0.05, 0.1) is 0 Å². The van der Waals surface area contributed by atoms with E-state index in [1.807, 2.05) is 0 Å². The lowest BCUT2D eigenvalue weighted by atomic mass is 10.1. The molecule has 0 spiro atoms. The highest BCUT2D eigenvalue weighted by Gasteiger charge is 2.14. The molecular weight excluding hydrogens is 420 g/mol. The van der Waals surface area contributed by atoms with E-state index < -0.39 is 0 Å². The zero-order chi connectivity index (χ0) is 19.2. The number of pyridine rings is 1. The van der Waals surface area contributed by atoms with Crippen molar-refractivity contribution in [1.82, 2.24) is 4.57 Å². The van der Waals surface area contributed by atoms with Gasteiger partial charge in [-0.2, -0.15) is 0 Å². The van der Waals surface area contributed by atoms with Gasteiger partial charge in [-0.3, -0.25) is 0 Å². The van der Waals surface area contributed by atoms with Gasteiger partial charge in [0.1, 0.15) is 12.1 Å². The number of nitrogens with zero attached hydrogens (tertiary/aromatic N) is 2. The van der Waals surface area contributed by atoms with Crippen LogP contribution in [0.25, 0.3) is 21.8 Å². The molecule has 29 heavy (non-hydrogen) atoms. The fourth-order valence-corrected chi connectivity index (χ4v) is 4.22. The van der Waals surface area contributed by atoms with Crippen molar-refractivity contribution in [2.75, 3.05) is 0 Å². The van der Waals surface area contributed by atoms with Crippen LogP contribution in [0, 0.1) is 0 Å². The first-order chi connectivity index (χ1) is 13.9. The lowest BCUT2D eigenvalue weighted by Crippen LogP contribution is -3.00. The summed E-state index contributed by atoms with van der Waals surface area (Å²) in [7, 11) is 0. The zero-order valence-electron chi connectivity index (χ0n) is 17.4. The second-order valence-corrected chi connectivity index (χ2v) is 7.80. The number of benzene rings is 2. The van der Waals surface area contributed by atoms with E-state index in [1.54, 1.807) is 0 Å². The maximum absolute atomic E-state index is 2.52. The number of aryl methyl sites for hydroxylation is 3. The molecule has 3 heteroatoms. The second-order valence-electron chi connectivity index (χ2n) is 7.80. The van der Waals surface area contributed by atoms with Crippen molar-refractivity contribution in [2.45, 2.75) is 58.5 Å². The first-order valence-electron chi connectivity index (χ1n) is 10.8. The molecule has 152 valence electrons. The van der Waals surface area contributed by atoms with Gasteiger partial charge in [0.2, 0.25) is 0 Å². The summed E-state index contributed by atoms with van der Waals surface area (Å²) in [6.45, 7) is 4.44. The molecule has 0 N–H and O–H groups in total. The molecule has 0 unspecified atom stereocenters. The molecule has 4 aromatic rings. The molecule has 2 heterocycles. The van der Waals surface area contributed by atoms with Crippen LogP contribution < -0.4 is 21.5 Å². The van der Waals surface area contributed by atoms with Crippen LogP contribution in [0.3, 0.4) is 0 Å². The third-order valence-electron chi connectivity index (χ3n) is 5.73. The standard InChI is InChI=1S/C26H31N2.BrH/c1-2-3-4-10-18-27-20-17-24-23-15-8-9-16-25(23)28(26(24)21-27)19-11-14-22-12-6-5-7-13-22;/h5-9,12-13,15-17,20-21H,2-4,10-11,14,18-19H2,1H3;1H/q+1;/p-1. The van der Waals surface area contributed by atoms with Crippen molar-refractivity contribution >= 4 is 21.8 Å². The first kappa shape index (κ1) is 21.6. The van der Waals surface area contributed by atoms with Gasteiger partial charge in [-0.05, 0) is 30.9 Å². The Balaban J connectivity index is 0.00000240. The summed E-state index contributed by atoms with van der Waals surface area (Å²) in [4.78, 5) is 0. The largest absolute Gasteiger partial charge is 1.00 e. The Morgan fingerprint density at radius 2 is 1.52 bits per heavy atom. The molecule has 0 aliphatic heterocycles. The monoisotopic (exact) mass is 450 g/mol. The van der Waals surface area contributed by atoms with Gasteiger partial charge in [-0.25, -0.2) is 4.57 Å². The Morgan fingerprint density at radius 3 is 2.34 bits per heavy atom. The molecule has 0 aliphatic carbocycles. The van der Waals surface area contributed by atoms with Crippen molar-refractivity contribution in [3.63, 3.8) is 0 Å². The number of halogens is 1. The van der Waals surface area contributed by atoms with E-state index in [0.717, 1.165) is 25.9 Å². The predicted octanol–water partition coefficient (Wildman–Crippen LogP) is 3.30. The maximum Gasteiger partial charge on any atom is 0.193 e. The minimum Gasteiger partial charge on any atom is -1.00 e. The number of aromatic nitrogens is 2. The van der Waals surface area contributed by atoms with Gasteiger partial charge < -0.3 is 21.5 Å². The fraction of sp³-hybridized carbons (Fsp3) is 0.346. The molecule has 0 atom stereocenters. The van der Waals surface area contributed by atoms with Crippen LogP contribution in [-0.2, 0) is 19.5 Å². The summed E-state index contributed by atoms with van der Waals surface area (Å²) >= 11 is 0. The summed E-state index contributed by atoms with van der Waals surface area (Å²) in [5, 5.41) is 2.75. The fourth-order valence-electron chi connectivity index (χ4n) is 4.22. The molecule has 0 saturated heterocycles. The highest BCUT2D eigenvalue weighted by atomic mass is 79.9. The quantitative estimate of drug-likeness (QED) is 0.273. The van der Waals surface area contributed by atoms with Crippen molar-refractivity contribution in [1.29, 1.82) is 0 Å². The molecule has 4 rings (SSSR count). The Kier molecular flexibility index (Phi) is 7.88. The van der Waals surface area contributed by atoms with Crippen LogP contribution in [0.2, 0.25) is 0 Å². The van der Waals surface area contributed by atoms with Crippen LogP contribution >= 0.6 is 0 Å². The predicted molar refractivity (Wildman–Crippen MR) is 119 cm³/mol. The Bertz CT molecular complexity index is 1040. The lowest BCUT2D eigenvalue weighted by molar-refractivity contribution is -0.696. The van der Waals surface area contributed by atoms with Crippen molar-refractivity contribution in [2.24, 2.45) is 0 Å². The van der Waals surface area contributed by atoms with Gasteiger partial charge in [0.15, 0.2) is 12.4 Å². The molecule has 2 nitrogen and oxygen atoms in total. The van der Waals surface area contributed by atoms with E-state index in [9.17, 15) is 0 Å². The SMILES string of the molecule is CCCCCC[n+]1ccc2c3ccccc3n(CCCc3ccccc3)c2c1.[Br-]. The van der Waals surface area contributed by atoms with Crippen LogP contribution in [0.4, 0.5) is 0 Å². The summed E-state index contributed by atoms with van der Waals surface area (Å²) in [6, 6.07) is 22.0. The van der Waals surface area contributed by atoms with Gasteiger partial charge in [0, 0.05) is 35.3 Å². The lowest BCUT2D eigenvalue weighted by Gasteiger charge is -2.07. The summed E-state index contributed by atoms with van der Waals surface area (Å²) in [5.41, 5.74) is 4.15. The Labute approximate surface area is 184 Å². The van der Waals surface area contributed by atoms with Crippen LogP contribution in [-0.4, -0.2) is 4.57 Å². The normalized spacial score (nSPS) is 11.1. The highest BCUT2D eigenvalue weighted by Crippen LogP contribution is 2.28. The third-order valence-corrected chi connectivity index (χ3v) is 5.73. The molecule has 2 aromatic heterocycles. The van der Waals surface area contributed by atoms with E-state index in [-0.39, 0.29) is 17.0 Å². The number of hydrogen-bond acceptors (Lipinski definition) is 0. The van der Waals surface area contributed by atoms with Gasteiger partial charge in [-0.1, -0.05) is 68.3 Å². The number of para-hydroxylation sites is 1. The molecule has 0 radical (unpaired) electrons. The topological polar surface area (TPSA) is 8.81 Å². The Hall–Kier alpha value is -2.13. The summed E-state index contributed by atoms with van der Waals surface area (Å²) in [5.74, 6) is 0. The van der Waals surface area contributed by atoms with Crippen molar-refractivity contribution in [3.8, 4) is 0 Å². The van der Waals surface area contributed by atoms with Crippen LogP contribution in [0.5, 0.6) is 0 Å². The number of hydrogen-bond donors (Lipinski definition) is 0. The smallest absolute Gasteiger partial charge is 0.193 e. The highest BCUT2D eigenvalue weighted by molar-refractivity contribution is 6.07. The maximum atomic E-state index is 2.52. The minimum atomic E-state index is 0. The molecule has 0 amide bonds. The average molecular weight is 451 g/mol. The average Bonchev–Trinajstić information content (AvgIpc) is 3.05. The van der Waals surface area contributed by atoms with E-state index >= 15 is 0 Å². The molecule has 0 aliphatic rings. The van der Waals surface area contributed by atoms with Gasteiger partial charge in [-0.15, -0.1) is 0 Å². The number of rotatable bonds is 9. The van der Waals surface area contributed by atoms with Crippen molar-refractivity contribution < 1.29 is 21.5 Å². The van der Waals surface area contributed by atoms with Crippen LogP contribution in [0.15, 0.2) is 73.1 Å². The summed E-state index contributed by atoms with van der Waals surface area (Å²) < 4.78 is 4.90. The summed E-state index contributed by atoms with van der Waals surface area (Å²) in [6.07, 6.45) is 12.1. The molecule has 0 saturated carbocycles. The first-order valence-corrected chi connectivity index (χ1v) is 10.8. The minimum absolute atomic E-state index is 0. The van der Waals surface area contributed by atoms with E-state index in [2.05, 4.69) is 89.1 Å². The van der Waals surface area contributed by atoms with E-state index in [1.165, 1.54) is 53.1 Å². The Morgan fingerprint density at radius 1 is 0.759 bits per heavy atom. The second kappa shape index (κ2) is 10.6. The van der Waals surface area contributed by atoms with Gasteiger partial charge in [0.25, 0.3) is 0 Å². The van der Waals surface area contributed by atoms with E-state index in [4.69, 9.17) is 0 Å². The molecule has 0 fully saturated rings. The van der Waals surface area contributed by atoms with Crippen LogP contribution in [0.1, 0.15) is 44.6 Å². The van der Waals surface area contributed by atoms with E-state index in [0.29, 0.717) is 0 Å². The molecular formula is C26H31BrN2. The van der Waals surface area contributed by atoms with Crippen molar-refractivity contribution in [3.05, 3.63) is 78.6 Å². The molecule has 2 aromatic carbocycles. The third kappa shape index (κ3) is 5.08. The molecule has 0 bridgehead atoms. The number of fused-ring (bicyclic) bond motifs is 3. The van der Waals surface area contributed by atoms with Gasteiger partial charge >= 0.3 is 0 Å².